The highest BCUT2D eigenvalue weighted by molar-refractivity contribution is 7.99. The Kier molecular flexibility index (Phi) is 5.04. The molecule has 92 valence electrons. The number of aliphatic hydroxyl groups is 1. The van der Waals surface area contributed by atoms with Crippen molar-refractivity contribution in [2.45, 2.75) is 31.2 Å². The number of thioether (sulfide) groups is 1. The Morgan fingerprint density at radius 3 is 2.69 bits per heavy atom. The number of rotatable bonds is 6. The molecule has 0 saturated carbocycles. The highest BCUT2D eigenvalue weighted by Gasteiger charge is 2.10. The van der Waals surface area contributed by atoms with Crippen molar-refractivity contribution in [3.8, 4) is 0 Å². The third-order valence-corrected chi connectivity index (χ3v) is 3.06. The lowest BCUT2D eigenvalue weighted by atomic mass is 10.4. The second-order valence-corrected chi connectivity index (χ2v) is 4.73. The van der Waals surface area contributed by atoms with Crippen molar-refractivity contribution in [3.05, 3.63) is 0 Å². The van der Waals surface area contributed by atoms with E-state index in [9.17, 15) is 5.11 Å². The summed E-state index contributed by atoms with van der Waals surface area (Å²) in [5.41, 5.74) is 5.53. The first kappa shape index (κ1) is 13.3. The molecule has 0 aromatic carbocycles. The number of anilines is 1. The molecule has 0 aliphatic heterocycles. The molecule has 6 nitrogen and oxygen atoms in total. The van der Waals surface area contributed by atoms with Crippen LogP contribution in [0.15, 0.2) is 5.16 Å². The summed E-state index contributed by atoms with van der Waals surface area (Å²) in [6, 6.07) is 0. The molecule has 0 aliphatic carbocycles. The highest BCUT2D eigenvalue weighted by atomic mass is 32.2. The maximum Gasteiger partial charge on any atom is 0.222 e. The van der Waals surface area contributed by atoms with Crippen LogP contribution in [-0.2, 0) is 11.8 Å². The van der Waals surface area contributed by atoms with Gasteiger partial charge in [-0.3, -0.25) is 4.57 Å². The zero-order valence-corrected chi connectivity index (χ0v) is 10.6. The molecule has 1 aromatic heterocycles. The topological polar surface area (TPSA) is 86.2 Å². The van der Waals surface area contributed by atoms with Gasteiger partial charge in [-0.2, -0.15) is 0 Å². The van der Waals surface area contributed by atoms with Gasteiger partial charge in [0.2, 0.25) is 5.95 Å². The average molecular weight is 246 g/mol. The zero-order chi connectivity index (χ0) is 12.1. The van der Waals surface area contributed by atoms with E-state index in [1.807, 2.05) is 13.8 Å². The summed E-state index contributed by atoms with van der Waals surface area (Å²) in [4.78, 5) is 0. The van der Waals surface area contributed by atoms with E-state index in [1.165, 1.54) is 11.8 Å². The first-order chi connectivity index (χ1) is 7.50. The molecule has 0 bridgehead atoms. The zero-order valence-electron chi connectivity index (χ0n) is 9.75. The SMILES string of the molecule is CC(C)OCC(O)CSc1nnc(N)n1C. The summed E-state index contributed by atoms with van der Waals surface area (Å²) in [5, 5.41) is 17.9. The Hall–Kier alpha value is -0.790. The molecule has 16 heavy (non-hydrogen) atoms. The van der Waals surface area contributed by atoms with Crippen LogP contribution in [0.5, 0.6) is 0 Å². The molecule has 0 spiro atoms. The molecule has 0 saturated heterocycles. The predicted molar refractivity (Wildman–Crippen MR) is 63.2 cm³/mol. The van der Waals surface area contributed by atoms with Crippen molar-refractivity contribution in [1.82, 2.24) is 14.8 Å². The van der Waals surface area contributed by atoms with Gasteiger partial charge in [-0.1, -0.05) is 11.8 Å². The first-order valence-corrected chi connectivity index (χ1v) is 6.06. The monoisotopic (exact) mass is 246 g/mol. The van der Waals surface area contributed by atoms with Crippen molar-refractivity contribution in [1.29, 1.82) is 0 Å². The van der Waals surface area contributed by atoms with Crippen molar-refractivity contribution in [2.75, 3.05) is 18.1 Å². The molecule has 3 N–H and O–H groups in total. The van der Waals surface area contributed by atoms with Gasteiger partial charge in [-0.05, 0) is 13.8 Å². The van der Waals surface area contributed by atoms with Gasteiger partial charge in [0.1, 0.15) is 0 Å². The summed E-state index contributed by atoms with van der Waals surface area (Å²) < 4.78 is 6.98. The van der Waals surface area contributed by atoms with Gasteiger partial charge < -0.3 is 15.6 Å². The number of ether oxygens (including phenoxy) is 1. The van der Waals surface area contributed by atoms with Gasteiger partial charge >= 0.3 is 0 Å². The van der Waals surface area contributed by atoms with Gasteiger partial charge in [0, 0.05) is 12.8 Å². The number of nitrogen functional groups attached to an aromatic ring is 1. The lowest BCUT2D eigenvalue weighted by molar-refractivity contribution is 0.0152. The van der Waals surface area contributed by atoms with E-state index in [-0.39, 0.29) is 6.10 Å². The van der Waals surface area contributed by atoms with Crippen molar-refractivity contribution < 1.29 is 9.84 Å². The summed E-state index contributed by atoms with van der Waals surface area (Å²) in [6.07, 6.45) is -0.379. The number of nitrogens with two attached hydrogens (primary N) is 1. The van der Waals surface area contributed by atoms with E-state index in [0.717, 1.165) is 0 Å². The molecule has 1 heterocycles. The number of aromatic nitrogens is 3. The van der Waals surface area contributed by atoms with Crippen LogP contribution in [0.25, 0.3) is 0 Å². The molecule has 0 aliphatic rings. The van der Waals surface area contributed by atoms with E-state index >= 15 is 0 Å². The summed E-state index contributed by atoms with van der Waals surface area (Å²) >= 11 is 1.41. The van der Waals surface area contributed by atoms with Crippen LogP contribution in [0.4, 0.5) is 5.95 Å². The maximum absolute atomic E-state index is 9.62. The minimum Gasteiger partial charge on any atom is -0.390 e. The first-order valence-electron chi connectivity index (χ1n) is 5.08. The van der Waals surface area contributed by atoms with E-state index < -0.39 is 6.10 Å². The summed E-state index contributed by atoms with van der Waals surface area (Å²) in [5.74, 6) is 0.883. The molecule has 1 atom stereocenters. The Balaban J connectivity index is 2.31. The molecule has 7 heteroatoms. The van der Waals surface area contributed by atoms with Crippen LogP contribution in [-0.4, -0.2) is 44.4 Å². The van der Waals surface area contributed by atoms with Gasteiger partial charge in [-0.25, -0.2) is 0 Å². The van der Waals surface area contributed by atoms with Crippen LogP contribution >= 0.6 is 11.8 Å². The molecular weight excluding hydrogens is 228 g/mol. The summed E-state index contributed by atoms with van der Waals surface area (Å²) in [7, 11) is 1.79. The summed E-state index contributed by atoms with van der Waals surface area (Å²) in [6.45, 7) is 4.20. The Bertz CT molecular complexity index is 329. The van der Waals surface area contributed by atoms with Gasteiger partial charge in [0.15, 0.2) is 5.16 Å². The van der Waals surface area contributed by atoms with Crippen LogP contribution in [0.3, 0.4) is 0 Å². The molecule has 1 unspecified atom stereocenters. The fourth-order valence-corrected chi connectivity index (χ4v) is 1.80. The number of hydrogen-bond acceptors (Lipinski definition) is 6. The smallest absolute Gasteiger partial charge is 0.222 e. The van der Waals surface area contributed by atoms with E-state index in [1.54, 1.807) is 11.6 Å². The van der Waals surface area contributed by atoms with Gasteiger partial charge in [-0.15, -0.1) is 10.2 Å². The third-order valence-electron chi connectivity index (χ3n) is 1.90. The maximum atomic E-state index is 9.62. The molecular formula is C9H18N4O2S. The van der Waals surface area contributed by atoms with Crippen molar-refractivity contribution >= 4 is 17.7 Å². The minimum atomic E-state index is -0.509. The number of hydrogen-bond donors (Lipinski definition) is 2. The van der Waals surface area contributed by atoms with Gasteiger partial charge in [0.25, 0.3) is 0 Å². The van der Waals surface area contributed by atoms with Crippen molar-refractivity contribution in [2.24, 2.45) is 7.05 Å². The van der Waals surface area contributed by atoms with E-state index in [4.69, 9.17) is 10.5 Å². The highest BCUT2D eigenvalue weighted by Crippen LogP contribution is 2.17. The average Bonchev–Trinajstić information content (AvgIpc) is 2.54. The molecule has 1 aromatic rings. The lowest BCUT2D eigenvalue weighted by Crippen LogP contribution is -2.20. The Morgan fingerprint density at radius 1 is 1.50 bits per heavy atom. The van der Waals surface area contributed by atoms with Crippen LogP contribution < -0.4 is 5.73 Å². The fraction of sp³-hybridized carbons (Fsp3) is 0.778. The van der Waals surface area contributed by atoms with Crippen LogP contribution in [0.2, 0.25) is 0 Å². The van der Waals surface area contributed by atoms with Crippen LogP contribution in [0, 0.1) is 0 Å². The standard InChI is InChI=1S/C9H18N4O2S/c1-6(2)15-4-7(14)5-16-9-12-11-8(10)13(9)3/h6-7,14H,4-5H2,1-3H3,(H2,10,11). The quantitative estimate of drug-likeness (QED) is 0.701. The third kappa shape index (κ3) is 3.99. The predicted octanol–water partition coefficient (Wildman–Crippen LogP) is 0.275. The van der Waals surface area contributed by atoms with Gasteiger partial charge in [0.05, 0.1) is 18.8 Å². The Labute approximate surface area is 99.2 Å². The van der Waals surface area contributed by atoms with Crippen LogP contribution in [0.1, 0.15) is 13.8 Å². The normalized spacial score (nSPS) is 13.3. The number of nitrogens with zero attached hydrogens (tertiary/aromatic N) is 3. The fourth-order valence-electron chi connectivity index (χ4n) is 0.974. The molecule has 1 rings (SSSR count). The van der Waals surface area contributed by atoms with Crippen molar-refractivity contribution in [3.63, 3.8) is 0 Å². The molecule has 0 radical (unpaired) electrons. The minimum absolute atomic E-state index is 0.130. The number of aliphatic hydroxyl groups excluding tert-OH is 1. The largest absolute Gasteiger partial charge is 0.390 e. The molecule has 0 fully saturated rings. The van der Waals surface area contributed by atoms with E-state index in [0.29, 0.717) is 23.5 Å². The Morgan fingerprint density at radius 2 is 2.19 bits per heavy atom. The lowest BCUT2D eigenvalue weighted by Gasteiger charge is -2.12. The van der Waals surface area contributed by atoms with E-state index in [2.05, 4.69) is 10.2 Å². The second kappa shape index (κ2) is 6.07. The molecule has 0 amide bonds. The second-order valence-electron chi connectivity index (χ2n) is 3.75.